The maximum atomic E-state index is 12.8. The molecule has 1 amide bonds. The Hall–Kier alpha value is -1.70. The first kappa shape index (κ1) is 49.4. The Morgan fingerprint density at radius 3 is 2.00 bits per heavy atom. The van der Waals surface area contributed by atoms with Crippen LogP contribution >= 0.6 is 0 Å². The van der Waals surface area contributed by atoms with E-state index in [9.17, 15) is 35.1 Å². The molecule has 1 aliphatic heterocycles. The van der Waals surface area contributed by atoms with Gasteiger partial charge in [0.1, 0.15) is 24.4 Å². The minimum atomic E-state index is -1.58. The molecule has 9 atom stereocenters. The first-order valence-electron chi connectivity index (χ1n) is 22.1. The lowest BCUT2D eigenvalue weighted by molar-refractivity contribution is -0.302. The third-order valence-corrected chi connectivity index (χ3v) is 11.3. The van der Waals surface area contributed by atoms with Gasteiger partial charge in [-0.3, -0.25) is 9.59 Å². The molecule has 55 heavy (non-hydrogen) atoms. The van der Waals surface area contributed by atoms with E-state index >= 15 is 0 Å². The van der Waals surface area contributed by atoms with Gasteiger partial charge >= 0.3 is 0 Å². The fourth-order valence-corrected chi connectivity index (χ4v) is 7.69. The van der Waals surface area contributed by atoms with Crippen molar-refractivity contribution in [1.29, 1.82) is 0 Å². The summed E-state index contributed by atoms with van der Waals surface area (Å²) in [6.07, 6.45) is 21.8. The van der Waals surface area contributed by atoms with Gasteiger partial charge in [0, 0.05) is 6.42 Å². The summed E-state index contributed by atoms with van der Waals surface area (Å²) in [6.45, 7) is 5.87. The van der Waals surface area contributed by atoms with Gasteiger partial charge in [-0.15, -0.1) is 0 Å². The highest BCUT2D eigenvalue weighted by Gasteiger charge is 2.44. The number of ether oxygens (including phenoxy) is 3. The van der Waals surface area contributed by atoms with Crippen molar-refractivity contribution in [2.45, 2.75) is 230 Å². The minimum absolute atomic E-state index is 0.0264. The summed E-state index contributed by atoms with van der Waals surface area (Å²) in [6, 6.07) is -0.796. The van der Waals surface area contributed by atoms with Crippen LogP contribution in [0, 0.1) is 0 Å². The summed E-state index contributed by atoms with van der Waals surface area (Å²) in [7, 11) is 0. The van der Waals surface area contributed by atoms with Gasteiger partial charge in [0.2, 0.25) is 6.41 Å². The zero-order chi connectivity index (χ0) is 40.3. The van der Waals surface area contributed by atoms with Crippen LogP contribution in [0.1, 0.15) is 175 Å². The highest BCUT2D eigenvalue weighted by Crippen LogP contribution is 2.29. The summed E-state index contributed by atoms with van der Waals surface area (Å²) in [5.74, 6) is 0.306. The lowest BCUT2D eigenvalue weighted by atomic mass is 9.99. The molecule has 0 spiro atoms. The van der Waals surface area contributed by atoms with E-state index in [-0.39, 0.29) is 18.8 Å². The zero-order valence-electron chi connectivity index (χ0n) is 34.6. The Morgan fingerprint density at radius 2 is 1.35 bits per heavy atom. The molecule has 11 heteroatoms. The maximum Gasteiger partial charge on any atom is 0.207 e. The van der Waals surface area contributed by atoms with Crippen LogP contribution in [0.5, 0.6) is 0 Å². The number of hydrogen-bond donors (Lipinski definition) is 6. The Bertz CT molecular complexity index is 1070. The summed E-state index contributed by atoms with van der Waals surface area (Å²) in [5, 5.41) is 53.5. The van der Waals surface area contributed by atoms with Crippen molar-refractivity contribution >= 4 is 12.2 Å². The minimum Gasteiger partial charge on any atom is -0.394 e. The Kier molecular flexibility index (Phi) is 27.3. The van der Waals surface area contributed by atoms with E-state index in [1.165, 1.54) is 63.4 Å². The molecule has 0 radical (unpaired) electrons. The van der Waals surface area contributed by atoms with Crippen LogP contribution in [0.15, 0.2) is 23.3 Å². The van der Waals surface area contributed by atoms with Crippen molar-refractivity contribution in [1.82, 2.24) is 5.32 Å². The average Bonchev–Trinajstić information content (AvgIpc) is 3.54. The number of hydrogen-bond acceptors (Lipinski definition) is 10. The number of aliphatic hydroxyl groups excluding tert-OH is 5. The molecule has 1 aliphatic carbocycles. The second kappa shape index (κ2) is 30.4. The molecule has 0 saturated carbocycles. The van der Waals surface area contributed by atoms with E-state index in [2.05, 4.69) is 38.2 Å². The molecule has 0 aromatic rings. The SMILES string of the molecule is CCCCCCCCCCC(CCCC[C@@H](O)[C@H](COC1OC(CO)C(O)C(O)C1O)NC=O)O[C@H](/C=C/C1=C(CCCCCC)C(=O)CC1)CCCCC. The molecular formula is C44H79NO10. The van der Waals surface area contributed by atoms with Crippen molar-refractivity contribution in [3.05, 3.63) is 23.3 Å². The molecule has 2 aliphatic rings. The predicted octanol–water partition coefficient (Wildman–Crippen LogP) is 6.89. The van der Waals surface area contributed by atoms with Crippen molar-refractivity contribution < 1.29 is 49.3 Å². The van der Waals surface area contributed by atoms with Crippen LogP contribution in [-0.4, -0.2) is 106 Å². The van der Waals surface area contributed by atoms with E-state index in [4.69, 9.17) is 14.2 Å². The van der Waals surface area contributed by atoms with Gasteiger partial charge < -0.3 is 45.1 Å². The fourth-order valence-electron chi connectivity index (χ4n) is 7.69. The Morgan fingerprint density at radius 1 is 0.764 bits per heavy atom. The molecule has 1 saturated heterocycles. The zero-order valence-corrected chi connectivity index (χ0v) is 34.6. The molecule has 0 aromatic carbocycles. The van der Waals surface area contributed by atoms with Crippen molar-refractivity contribution in [3.63, 3.8) is 0 Å². The molecule has 1 fully saturated rings. The number of nitrogens with one attached hydrogen (secondary N) is 1. The number of aliphatic hydroxyl groups is 5. The molecule has 6 N–H and O–H groups in total. The van der Waals surface area contributed by atoms with Crippen LogP contribution in [0.4, 0.5) is 0 Å². The molecule has 11 nitrogen and oxygen atoms in total. The van der Waals surface area contributed by atoms with Crippen LogP contribution in [0.3, 0.4) is 0 Å². The number of rotatable bonds is 34. The highest BCUT2D eigenvalue weighted by atomic mass is 16.7. The first-order valence-corrected chi connectivity index (χ1v) is 22.1. The smallest absolute Gasteiger partial charge is 0.207 e. The topological polar surface area (TPSA) is 175 Å². The molecule has 0 bridgehead atoms. The third kappa shape index (κ3) is 19.5. The van der Waals surface area contributed by atoms with Gasteiger partial charge in [0.25, 0.3) is 0 Å². The number of ketones is 1. The van der Waals surface area contributed by atoms with E-state index in [0.717, 1.165) is 82.6 Å². The molecule has 1 heterocycles. The number of amides is 1. The van der Waals surface area contributed by atoms with Crippen LogP contribution in [-0.2, 0) is 23.8 Å². The fraction of sp³-hybridized carbons (Fsp3) is 0.864. The van der Waals surface area contributed by atoms with Crippen LogP contribution in [0.25, 0.3) is 0 Å². The summed E-state index contributed by atoms with van der Waals surface area (Å²) < 4.78 is 17.9. The lowest BCUT2D eigenvalue weighted by Gasteiger charge is -2.40. The number of unbranched alkanes of at least 4 members (excludes halogenated alkanes) is 13. The van der Waals surface area contributed by atoms with Gasteiger partial charge in [-0.2, -0.15) is 0 Å². The summed E-state index contributed by atoms with van der Waals surface area (Å²) in [4.78, 5) is 24.2. The third-order valence-electron chi connectivity index (χ3n) is 11.3. The van der Waals surface area contributed by atoms with Crippen molar-refractivity contribution in [3.8, 4) is 0 Å². The van der Waals surface area contributed by atoms with Gasteiger partial charge in [-0.05, 0) is 56.1 Å². The predicted molar refractivity (Wildman–Crippen MR) is 216 cm³/mol. The number of carbonyl (C=O) groups excluding carboxylic acids is 2. The van der Waals surface area contributed by atoms with Gasteiger partial charge in [0.05, 0.1) is 37.6 Å². The van der Waals surface area contributed by atoms with Gasteiger partial charge in [-0.25, -0.2) is 0 Å². The van der Waals surface area contributed by atoms with E-state index in [0.29, 0.717) is 31.5 Å². The van der Waals surface area contributed by atoms with Crippen LogP contribution < -0.4 is 5.32 Å². The van der Waals surface area contributed by atoms with Crippen LogP contribution in [0.2, 0.25) is 0 Å². The second-order valence-corrected chi connectivity index (χ2v) is 15.9. The number of Topliss-reactive ketones (excluding diaryl/α,β-unsaturated/α-hetero) is 1. The average molecular weight is 782 g/mol. The van der Waals surface area contributed by atoms with Crippen molar-refractivity contribution in [2.24, 2.45) is 0 Å². The summed E-state index contributed by atoms with van der Waals surface area (Å²) >= 11 is 0. The normalized spacial score (nSPS) is 24.1. The monoisotopic (exact) mass is 782 g/mol. The van der Waals surface area contributed by atoms with Crippen molar-refractivity contribution in [2.75, 3.05) is 13.2 Å². The molecular weight excluding hydrogens is 702 g/mol. The number of allylic oxidation sites excluding steroid dienone is 3. The highest BCUT2D eigenvalue weighted by molar-refractivity contribution is 5.99. The molecule has 6 unspecified atom stereocenters. The maximum absolute atomic E-state index is 12.8. The van der Waals surface area contributed by atoms with Gasteiger partial charge in [0.15, 0.2) is 12.1 Å². The van der Waals surface area contributed by atoms with E-state index in [1.54, 1.807) is 0 Å². The molecule has 320 valence electrons. The first-order chi connectivity index (χ1) is 26.7. The number of carbonyl (C=O) groups is 2. The molecule has 2 rings (SSSR count). The second-order valence-electron chi connectivity index (χ2n) is 15.9. The standard InChI is InChI=1S/C44H79NO10/c1-4-7-10-12-13-14-15-17-22-34(54-35(21-16-9-6-3)28-26-33-27-29-38(48)36(33)24-18-11-8-5-2)23-19-20-25-39(49)37(45-32-47)31-53-44-43(52)42(51)41(50)40(30-46)55-44/h26,28,32,34-35,37,39-44,46,49-52H,4-25,27,29-31H2,1-3H3,(H,45,47)/b28-26+/t34?,35-,37-,39+,40?,41?,42?,43?,44?/m0/s1. The quantitative estimate of drug-likeness (QED) is 0.0298. The Labute approximate surface area is 332 Å². The van der Waals surface area contributed by atoms with Gasteiger partial charge in [-0.1, -0.05) is 136 Å². The Balaban J connectivity index is 2.03. The molecule has 0 aromatic heterocycles. The summed E-state index contributed by atoms with van der Waals surface area (Å²) in [5.41, 5.74) is 2.21. The van der Waals surface area contributed by atoms with E-state index < -0.39 is 49.5 Å². The van der Waals surface area contributed by atoms with E-state index in [1.807, 2.05) is 0 Å². The lowest BCUT2D eigenvalue weighted by Crippen LogP contribution is -2.59. The largest absolute Gasteiger partial charge is 0.394 e.